The number of fused-ring (bicyclic) bond motifs is 4. The Morgan fingerprint density at radius 1 is 1.24 bits per heavy atom. The number of hydrogen-bond acceptors (Lipinski definition) is 6. The average Bonchev–Trinajstić information content (AvgIpc) is 2.80. The number of likely N-dealkylation sites (N-methyl/N-ethyl adjacent to an activating group) is 1. The van der Waals surface area contributed by atoms with Gasteiger partial charge in [-0.15, -0.1) is 0 Å². The molecule has 9 nitrogen and oxygen atoms in total. The van der Waals surface area contributed by atoms with Crippen LogP contribution in [0.3, 0.4) is 0 Å². The van der Waals surface area contributed by atoms with Gasteiger partial charge in [-0.3, -0.25) is 14.4 Å². The molecule has 3 fully saturated rings. The fourth-order valence-electron chi connectivity index (χ4n) is 3.40. The third kappa shape index (κ3) is 3.49. The summed E-state index contributed by atoms with van der Waals surface area (Å²) in [5.41, 5.74) is 1.12. The van der Waals surface area contributed by atoms with E-state index in [0.29, 0.717) is 24.5 Å². The van der Waals surface area contributed by atoms with Crippen molar-refractivity contribution in [2.45, 2.75) is 32.2 Å². The van der Waals surface area contributed by atoms with Crippen LogP contribution < -0.4 is 0 Å². The van der Waals surface area contributed by atoms with Gasteiger partial charge < -0.3 is 14.7 Å². The molecular formula is C16H23N5O4. The lowest BCUT2D eigenvalue weighted by molar-refractivity contribution is -0.145. The molecule has 3 saturated heterocycles. The van der Waals surface area contributed by atoms with Gasteiger partial charge in [0.2, 0.25) is 17.7 Å². The van der Waals surface area contributed by atoms with Gasteiger partial charge in [-0.05, 0) is 19.8 Å². The molecule has 1 aromatic heterocycles. The van der Waals surface area contributed by atoms with Crippen LogP contribution in [0.5, 0.6) is 0 Å². The third-order valence-corrected chi connectivity index (χ3v) is 5.02. The van der Waals surface area contributed by atoms with E-state index in [1.54, 1.807) is 30.8 Å². The summed E-state index contributed by atoms with van der Waals surface area (Å²) in [7, 11) is 3.35. The largest absolute Gasteiger partial charge is 0.347 e. The van der Waals surface area contributed by atoms with Gasteiger partial charge in [0.1, 0.15) is 17.9 Å². The summed E-state index contributed by atoms with van der Waals surface area (Å²) in [5, 5.41) is 7.44. The molecule has 4 rings (SSSR count). The van der Waals surface area contributed by atoms with Gasteiger partial charge >= 0.3 is 0 Å². The highest BCUT2D eigenvalue weighted by Gasteiger charge is 2.42. The van der Waals surface area contributed by atoms with Crippen LogP contribution in [0.1, 0.15) is 24.2 Å². The zero-order valence-corrected chi connectivity index (χ0v) is 14.8. The Morgan fingerprint density at radius 3 is 2.64 bits per heavy atom. The minimum Gasteiger partial charge on any atom is -0.347 e. The van der Waals surface area contributed by atoms with Gasteiger partial charge in [-0.1, -0.05) is 10.3 Å². The molecule has 3 amide bonds. The molecule has 1 aromatic rings. The zero-order valence-electron chi connectivity index (χ0n) is 14.8. The van der Waals surface area contributed by atoms with Crippen molar-refractivity contribution in [3.05, 3.63) is 11.4 Å². The predicted molar refractivity (Wildman–Crippen MR) is 86.2 cm³/mol. The van der Waals surface area contributed by atoms with Gasteiger partial charge in [0, 0.05) is 33.2 Å². The van der Waals surface area contributed by atoms with Gasteiger partial charge in [-0.2, -0.15) is 0 Å². The number of carbonyl (C=O) groups excluding carboxylic acids is 3. The van der Waals surface area contributed by atoms with Crippen LogP contribution in [0.4, 0.5) is 0 Å². The monoisotopic (exact) mass is 349 g/mol. The van der Waals surface area contributed by atoms with E-state index in [1.807, 2.05) is 0 Å². The number of aryl methyl sites for hydroxylation is 1. The maximum atomic E-state index is 12.7. The molecular weight excluding hydrogens is 326 g/mol. The van der Waals surface area contributed by atoms with Crippen LogP contribution in [0.25, 0.3) is 0 Å². The quantitative estimate of drug-likeness (QED) is 0.724. The summed E-state index contributed by atoms with van der Waals surface area (Å²) in [6.45, 7) is 2.65. The molecule has 0 N–H and O–H groups in total. The third-order valence-electron chi connectivity index (χ3n) is 5.02. The summed E-state index contributed by atoms with van der Waals surface area (Å²) in [4.78, 5) is 42.2. The van der Waals surface area contributed by atoms with Crippen molar-refractivity contribution >= 4 is 17.7 Å². The van der Waals surface area contributed by atoms with E-state index in [0.717, 1.165) is 12.8 Å². The van der Waals surface area contributed by atoms with Crippen molar-refractivity contribution in [3.63, 3.8) is 0 Å². The maximum absolute atomic E-state index is 12.7. The molecule has 4 heterocycles. The highest BCUT2D eigenvalue weighted by Crippen LogP contribution is 2.29. The number of nitrogens with zero attached hydrogens (tertiary/aromatic N) is 5. The van der Waals surface area contributed by atoms with Crippen molar-refractivity contribution < 1.29 is 19.0 Å². The SMILES string of the molecule is Cc1nonc1CC(=O)N1C[C@H]2CC[C@@H](C1)N(CC(=O)N(C)C)C2=O. The van der Waals surface area contributed by atoms with Gasteiger partial charge in [0.25, 0.3) is 0 Å². The normalized spacial score (nSPS) is 22.9. The predicted octanol–water partition coefficient (Wildman–Crippen LogP) is -0.542. The first kappa shape index (κ1) is 17.4. The molecule has 9 heteroatoms. The lowest BCUT2D eigenvalue weighted by Gasteiger charge is -2.35. The van der Waals surface area contributed by atoms with Gasteiger partial charge in [0.05, 0.1) is 12.3 Å². The molecule has 2 atom stereocenters. The van der Waals surface area contributed by atoms with E-state index in [-0.39, 0.29) is 42.6 Å². The number of hydrogen-bond donors (Lipinski definition) is 0. The molecule has 0 radical (unpaired) electrons. The lowest BCUT2D eigenvalue weighted by Crippen LogP contribution is -2.51. The Kier molecular flexibility index (Phi) is 4.73. The van der Waals surface area contributed by atoms with Gasteiger partial charge in [-0.25, -0.2) is 4.63 Å². The Labute approximate surface area is 145 Å². The van der Waals surface area contributed by atoms with Crippen molar-refractivity contribution in [3.8, 4) is 0 Å². The number of amides is 3. The van der Waals surface area contributed by atoms with Crippen LogP contribution in [0.2, 0.25) is 0 Å². The number of piperidine rings is 1. The Hall–Kier alpha value is -2.45. The van der Waals surface area contributed by atoms with Crippen LogP contribution in [0, 0.1) is 12.8 Å². The van der Waals surface area contributed by atoms with E-state index in [4.69, 9.17) is 0 Å². The molecule has 0 saturated carbocycles. The summed E-state index contributed by atoms with van der Waals surface area (Å²) in [5.74, 6) is -0.470. The first-order chi connectivity index (χ1) is 11.9. The smallest absolute Gasteiger partial charge is 0.241 e. The topological polar surface area (TPSA) is 99.8 Å². The van der Waals surface area contributed by atoms with Gasteiger partial charge in [0.15, 0.2) is 0 Å². The van der Waals surface area contributed by atoms with E-state index >= 15 is 0 Å². The van der Waals surface area contributed by atoms with Crippen molar-refractivity contribution in [1.29, 1.82) is 0 Å². The number of aromatic nitrogens is 2. The molecule has 0 unspecified atom stereocenters. The first-order valence-electron chi connectivity index (χ1n) is 8.43. The molecule has 25 heavy (non-hydrogen) atoms. The molecule has 3 aliphatic heterocycles. The van der Waals surface area contributed by atoms with Crippen molar-refractivity contribution in [2.24, 2.45) is 5.92 Å². The summed E-state index contributed by atoms with van der Waals surface area (Å²) < 4.78 is 4.64. The highest BCUT2D eigenvalue weighted by atomic mass is 16.6. The maximum Gasteiger partial charge on any atom is 0.241 e. The number of rotatable bonds is 4. The molecule has 0 spiro atoms. The standard InChI is InChI=1S/C16H23N5O4/c1-10-13(18-25-17-10)6-14(22)20-7-11-4-5-12(8-20)21(16(11)24)9-15(23)19(2)3/h11-12H,4-9H2,1-3H3/t11-,12+/m1/s1. The summed E-state index contributed by atoms with van der Waals surface area (Å²) in [6, 6.07) is -0.115. The molecule has 136 valence electrons. The van der Waals surface area contributed by atoms with E-state index in [1.165, 1.54) is 4.90 Å². The second-order valence-electron chi connectivity index (χ2n) is 6.95. The Bertz CT molecular complexity index is 686. The van der Waals surface area contributed by atoms with E-state index in [9.17, 15) is 14.4 Å². The minimum absolute atomic E-state index is 0.0268. The Balaban J connectivity index is 1.72. The van der Waals surface area contributed by atoms with E-state index in [2.05, 4.69) is 14.9 Å². The van der Waals surface area contributed by atoms with E-state index < -0.39 is 0 Å². The molecule has 0 aliphatic carbocycles. The molecule has 3 aliphatic rings. The van der Waals surface area contributed by atoms with Crippen LogP contribution in [-0.4, -0.2) is 82.5 Å². The molecule has 0 aromatic carbocycles. The summed E-state index contributed by atoms with van der Waals surface area (Å²) >= 11 is 0. The summed E-state index contributed by atoms with van der Waals surface area (Å²) in [6.07, 6.45) is 1.68. The fraction of sp³-hybridized carbons (Fsp3) is 0.688. The fourth-order valence-corrected chi connectivity index (χ4v) is 3.40. The minimum atomic E-state index is -0.241. The van der Waals surface area contributed by atoms with Crippen molar-refractivity contribution in [2.75, 3.05) is 33.7 Å². The Morgan fingerprint density at radius 2 is 2.00 bits per heavy atom. The second kappa shape index (κ2) is 6.81. The molecule has 2 bridgehead atoms. The van der Waals surface area contributed by atoms with Crippen LogP contribution in [0.15, 0.2) is 4.63 Å². The van der Waals surface area contributed by atoms with Crippen LogP contribution in [-0.2, 0) is 20.8 Å². The second-order valence-corrected chi connectivity index (χ2v) is 6.95. The zero-order chi connectivity index (χ0) is 18.1. The lowest BCUT2D eigenvalue weighted by atomic mass is 9.94. The van der Waals surface area contributed by atoms with Crippen LogP contribution >= 0.6 is 0 Å². The van der Waals surface area contributed by atoms with Crippen molar-refractivity contribution in [1.82, 2.24) is 25.0 Å². The highest BCUT2D eigenvalue weighted by molar-refractivity contribution is 5.88. The average molecular weight is 349 g/mol. The number of carbonyl (C=O) groups is 3. The first-order valence-corrected chi connectivity index (χ1v) is 8.43.